The molecule has 1 aliphatic carbocycles. The smallest absolute Gasteiger partial charge is 0.335 e. The van der Waals surface area contributed by atoms with E-state index in [9.17, 15) is 14.4 Å². The Morgan fingerprint density at radius 2 is 1.87 bits per heavy atom. The fourth-order valence-electron chi connectivity index (χ4n) is 1.76. The third-order valence-corrected chi connectivity index (χ3v) is 2.59. The van der Waals surface area contributed by atoms with E-state index in [1.54, 1.807) is 20.8 Å². The van der Waals surface area contributed by atoms with Gasteiger partial charge in [-0.05, 0) is 27.7 Å². The van der Waals surface area contributed by atoms with Crippen LogP contribution in [0.3, 0.4) is 0 Å². The summed E-state index contributed by atoms with van der Waals surface area (Å²) in [7, 11) is 0. The molecule has 0 aliphatic heterocycles. The zero-order chi connectivity index (χ0) is 11.8. The molecule has 0 bridgehead atoms. The van der Waals surface area contributed by atoms with E-state index in [0.717, 1.165) is 0 Å². The summed E-state index contributed by atoms with van der Waals surface area (Å²) in [6.45, 7) is 6.53. The van der Waals surface area contributed by atoms with E-state index in [1.165, 1.54) is 6.92 Å². The number of carbonyl (C=O) groups excluding carboxylic acids is 3. The molecule has 82 valence electrons. The van der Waals surface area contributed by atoms with Gasteiger partial charge >= 0.3 is 5.97 Å². The quantitative estimate of drug-likeness (QED) is 0.504. The van der Waals surface area contributed by atoms with Crippen molar-refractivity contribution in [3.63, 3.8) is 0 Å². The second-order valence-corrected chi connectivity index (χ2v) is 4.00. The minimum Gasteiger partial charge on any atom is -0.463 e. The van der Waals surface area contributed by atoms with E-state index in [2.05, 4.69) is 0 Å². The van der Waals surface area contributed by atoms with Crippen molar-refractivity contribution in [2.24, 2.45) is 5.41 Å². The van der Waals surface area contributed by atoms with Gasteiger partial charge in [-0.1, -0.05) is 0 Å². The Hall–Kier alpha value is -1.45. The Morgan fingerprint density at radius 1 is 1.33 bits per heavy atom. The molecule has 0 saturated heterocycles. The normalized spacial score (nSPS) is 19.7. The highest BCUT2D eigenvalue weighted by molar-refractivity contribution is 6.50. The Morgan fingerprint density at radius 3 is 2.20 bits per heavy atom. The Kier molecular flexibility index (Phi) is 2.79. The van der Waals surface area contributed by atoms with Crippen molar-refractivity contribution < 1.29 is 19.1 Å². The first kappa shape index (κ1) is 11.6. The molecule has 0 aromatic rings. The van der Waals surface area contributed by atoms with E-state index in [0.29, 0.717) is 0 Å². The van der Waals surface area contributed by atoms with Crippen LogP contribution in [0.25, 0.3) is 0 Å². The zero-order valence-corrected chi connectivity index (χ0v) is 9.34. The van der Waals surface area contributed by atoms with Crippen LogP contribution >= 0.6 is 0 Å². The maximum Gasteiger partial charge on any atom is 0.335 e. The minimum absolute atomic E-state index is 0.194. The molecule has 0 aromatic heterocycles. The molecule has 4 nitrogen and oxygen atoms in total. The largest absolute Gasteiger partial charge is 0.463 e. The van der Waals surface area contributed by atoms with Gasteiger partial charge in [-0.25, -0.2) is 4.79 Å². The molecule has 0 aromatic carbocycles. The Labute approximate surface area is 88.3 Å². The van der Waals surface area contributed by atoms with Crippen molar-refractivity contribution in [1.82, 2.24) is 0 Å². The highest BCUT2D eigenvalue weighted by Gasteiger charge is 2.48. The van der Waals surface area contributed by atoms with Crippen LogP contribution in [0.1, 0.15) is 27.7 Å². The zero-order valence-electron chi connectivity index (χ0n) is 9.34. The number of hydrogen-bond acceptors (Lipinski definition) is 4. The average molecular weight is 210 g/mol. The van der Waals surface area contributed by atoms with Crippen molar-refractivity contribution in [2.75, 3.05) is 6.61 Å². The summed E-state index contributed by atoms with van der Waals surface area (Å²) in [6, 6.07) is 0. The van der Waals surface area contributed by atoms with Crippen molar-refractivity contribution in [1.29, 1.82) is 0 Å². The summed E-state index contributed by atoms with van der Waals surface area (Å²) in [5.74, 6) is -1.69. The van der Waals surface area contributed by atoms with Crippen molar-refractivity contribution in [3.05, 3.63) is 11.1 Å². The number of rotatable bonds is 2. The van der Waals surface area contributed by atoms with Crippen LogP contribution in [0.15, 0.2) is 11.1 Å². The third kappa shape index (κ3) is 1.60. The van der Waals surface area contributed by atoms with Crippen molar-refractivity contribution in [2.45, 2.75) is 27.7 Å². The molecule has 0 amide bonds. The molecular weight excluding hydrogens is 196 g/mol. The van der Waals surface area contributed by atoms with E-state index in [-0.39, 0.29) is 17.8 Å². The lowest BCUT2D eigenvalue weighted by Gasteiger charge is -2.18. The summed E-state index contributed by atoms with van der Waals surface area (Å²) in [5.41, 5.74) is -0.643. The molecule has 0 saturated carbocycles. The summed E-state index contributed by atoms with van der Waals surface area (Å²) in [4.78, 5) is 34.6. The van der Waals surface area contributed by atoms with Crippen LogP contribution in [0.5, 0.6) is 0 Å². The van der Waals surface area contributed by atoms with Gasteiger partial charge in [-0.2, -0.15) is 0 Å². The van der Waals surface area contributed by atoms with Crippen LogP contribution in [-0.2, 0) is 19.1 Å². The van der Waals surface area contributed by atoms with Crippen LogP contribution < -0.4 is 0 Å². The number of hydrogen-bond donors (Lipinski definition) is 0. The van der Waals surface area contributed by atoms with E-state index < -0.39 is 23.0 Å². The van der Waals surface area contributed by atoms with Gasteiger partial charge in [0.25, 0.3) is 0 Å². The molecule has 0 fully saturated rings. The molecule has 4 heteroatoms. The van der Waals surface area contributed by atoms with Crippen LogP contribution in [0.4, 0.5) is 0 Å². The lowest BCUT2D eigenvalue weighted by molar-refractivity contribution is -0.142. The molecule has 1 rings (SSSR count). The lowest BCUT2D eigenvalue weighted by Crippen LogP contribution is -2.28. The molecule has 0 atom stereocenters. The summed E-state index contributed by atoms with van der Waals surface area (Å²) >= 11 is 0. The van der Waals surface area contributed by atoms with Crippen LogP contribution in [0, 0.1) is 5.41 Å². The fraction of sp³-hybridized carbons (Fsp3) is 0.545. The topological polar surface area (TPSA) is 60.4 Å². The van der Waals surface area contributed by atoms with Gasteiger partial charge in [-0.3, -0.25) is 9.59 Å². The number of ether oxygens (including phenoxy) is 1. The number of carbonyl (C=O) groups is 3. The number of esters is 1. The molecular formula is C11H14O4. The number of allylic oxidation sites excluding steroid dienone is 1. The van der Waals surface area contributed by atoms with Gasteiger partial charge in [0.2, 0.25) is 11.6 Å². The molecule has 0 spiro atoms. The minimum atomic E-state index is -1.05. The van der Waals surface area contributed by atoms with Crippen molar-refractivity contribution >= 4 is 17.5 Å². The summed E-state index contributed by atoms with van der Waals surface area (Å²) in [6.07, 6.45) is 0. The first-order chi connectivity index (χ1) is 6.84. The second kappa shape index (κ2) is 3.61. The number of Topliss-reactive ketones (excluding diaryl/α,β-unsaturated/α-hetero) is 2. The lowest BCUT2D eigenvalue weighted by atomic mass is 9.84. The van der Waals surface area contributed by atoms with Gasteiger partial charge in [0.15, 0.2) is 0 Å². The van der Waals surface area contributed by atoms with Gasteiger partial charge in [-0.15, -0.1) is 0 Å². The number of ketones is 2. The van der Waals surface area contributed by atoms with Gasteiger partial charge in [0, 0.05) is 5.57 Å². The Bertz CT molecular complexity index is 374. The van der Waals surface area contributed by atoms with Gasteiger partial charge in [0.05, 0.1) is 17.6 Å². The predicted molar refractivity (Wildman–Crippen MR) is 53.1 cm³/mol. The molecule has 1 aliphatic rings. The predicted octanol–water partition coefficient (Wildman–Crippen LogP) is 1.04. The summed E-state index contributed by atoms with van der Waals surface area (Å²) in [5, 5.41) is 0. The molecule has 0 unspecified atom stereocenters. The van der Waals surface area contributed by atoms with Gasteiger partial charge in [0.1, 0.15) is 0 Å². The monoisotopic (exact) mass is 210 g/mol. The highest BCUT2D eigenvalue weighted by Crippen LogP contribution is 2.37. The maximum absolute atomic E-state index is 11.6. The van der Waals surface area contributed by atoms with E-state index >= 15 is 0 Å². The first-order valence-corrected chi connectivity index (χ1v) is 4.81. The van der Waals surface area contributed by atoms with Crippen LogP contribution in [-0.4, -0.2) is 24.1 Å². The molecule has 15 heavy (non-hydrogen) atoms. The highest BCUT2D eigenvalue weighted by atomic mass is 16.5. The van der Waals surface area contributed by atoms with Crippen LogP contribution in [0.2, 0.25) is 0 Å². The Balaban J connectivity index is 3.20. The van der Waals surface area contributed by atoms with Crippen molar-refractivity contribution in [3.8, 4) is 0 Å². The second-order valence-electron chi connectivity index (χ2n) is 4.00. The SMILES string of the molecule is CCOC(=O)C1=C(C)C(=O)C(=O)C1(C)C. The van der Waals surface area contributed by atoms with E-state index in [4.69, 9.17) is 4.74 Å². The maximum atomic E-state index is 11.6. The summed E-state index contributed by atoms with van der Waals surface area (Å²) < 4.78 is 4.83. The molecule has 0 radical (unpaired) electrons. The first-order valence-electron chi connectivity index (χ1n) is 4.81. The average Bonchev–Trinajstić information content (AvgIpc) is 2.28. The van der Waals surface area contributed by atoms with E-state index in [1.807, 2.05) is 0 Å². The third-order valence-electron chi connectivity index (χ3n) is 2.59. The molecule has 0 heterocycles. The fourth-order valence-corrected chi connectivity index (χ4v) is 1.76. The van der Waals surface area contributed by atoms with Gasteiger partial charge < -0.3 is 4.74 Å². The molecule has 0 N–H and O–H groups in total. The standard InChI is InChI=1S/C11H14O4/c1-5-15-10(14)7-6(2)8(12)9(13)11(7,3)4/h5H2,1-4H3.